The number of furan rings is 1. The first kappa shape index (κ1) is 33.3. The Labute approximate surface area is 341 Å². The number of nitrogens with zero attached hydrogens (tertiary/aromatic N) is 2. The molecule has 0 aliphatic rings. The van der Waals surface area contributed by atoms with Crippen LogP contribution in [0.5, 0.6) is 0 Å². The number of benzene rings is 10. The molecule has 12 rings (SSSR count). The predicted octanol–water partition coefficient (Wildman–Crippen LogP) is 15.8. The van der Waals surface area contributed by atoms with Gasteiger partial charge in [0.15, 0.2) is 0 Å². The Bertz CT molecular complexity index is 3560. The molecule has 3 heteroatoms. The van der Waals surface area contributed by atoms with Crippen LogP contribution in [0.15, 0.2) is 223 Å². The van der Waals surface area contributed by atoms with Crippen molar-refractivity contribution >= 4 is 82.4 Å². The molecular weight excluding hydrogens is 717 g/mol. The highest BCUT2D eigenvalue weighted by Crippen LogP contribution is 2.44. The molecular formula is C56H36N2O. The van der Waals surface area contributed by atoms with E-state index in [2.05, 4.69) is 216 Å². The Morgan fingerprint density at radius 3 is 1.86 bits per heavy atom. The molecule has 0 N–H and O–H groups in total. The SMILES string of the molecule is c1ccc(-c2ccccc2N(c2ccc3cc(-c4ccc5ccc6oc7ccccc7c6c5c4)ccc3c2)c2ccc3c(c2)c2ccccc2n3-c2ccccc2)cc1. The highest BCUT2D eigenvalue weighted by molar-refractivity contribution is 6.19. The molecule has 2 aromatic heterocycles. The van der Waals surface area contributed by atoms with Gasteiger partial charge >= 0.3 is 0 Å². The number of hydrogen-bond acceptors (Lipinski definition) is 2. The first-order valence-corrected chi connectivity index (χ1v) is 20.2. The van der Waals surface area contributed by atoms with Crippen LogP contribution >= 0.6 is 0 Å². The fourth-order valence-electron chi connectivity index (χ4n) is 9.19. The maximum atomic E-state index is 6.24. The van der Waals surface area contributed by atoms with Crippen LogP contribution < -0.4 is 4.90 Å². The Balaban J connectivity index is 1.02. The minimum Gasteiger partial charge on any atom is -0.456 e. The molecule has 12 aromatic rings. The Morgan fingerprint density at radius 1 is 0.356 bits per heavy atom. The van der Waals surface area contributed by atoms with Gasteiger partial charge in [-0.2, -0.15) is 0 Å². The molecule has 10 aromatic carbocycles. The smallest absolute Gasteiger partial charge is 0.136 e. The summed E-state index contributed by atoms with van der Waals surface area (Å²) in [6.45, 7) is 0. The lowest BCUT2D eigenvalue weighted by atomic mass is 9.96. The first-order valence-electron chi connectivity index (χ1n) is 20.2. The summed E-state index contributed by atoms with van der Waals surface area (Å²) in [5.74, 6) is 0. The summed E-state index contributed by atoms with van der Waals surface area (Å²) in [7, 11) is 0. The number of aromatic nitrogens is 1. The van der Waals surface area contributed by atoms with Gasteiger partial charge in [-0.05, 0) is 117 Å². The molecule has 0 aliphatic heterocycles. The fourth-order valence-corrected chi connectivity index (χ4v) is 9.19. The molecule has 59 heavy (non-hydrogen) atoms. The second-order valence-electron chi connectivity index (χ2n) is 15.3. The van der Waals surface area contributed by atoms with Gasteiger partial charge in [-0.3, -0.25) is 0 Å². The van der Waals surface area contributed by atoms with E-state index >= 15 is 0 Å². The largest absolute Gasteiger partial charge is 0.456 e. The lowest BCUT2D eigenvalue weighted by Crippen LogP contribution is -2.11. The van der Waals surface area contributed by atoms with Crippen molar-refractivity contribution in [2.45, 2.75) is 0 Å². The highest BCUT2D eigenvalue weighted by Gasteiger charge is 2.20. The van der Waals surface area contributed by atoms with Crippen molar-refractivity contribution in [3.05, 3.63) is 218 Å². The van der Waals surface area contributed by atoms with Crippen LogP contribution in [-0.4, -0.2) is 4.57 Å². The average molecular weight is 753 g/mol. The second kappa shape index (κ2) is 13.4. The lowest BCUT2D eigenvalue weighted by molar-refractivity contribution is 0.669. The third kappa shape index (κ3) is 5.44. The molecule has 0 bridgehead atoms. The fraction of sp³-hybridized carbons (Fsp3) is 0. The second-order valence-corrected chi connectivity index (χ2v) is 15.3. The normalized spacial score (nSPS) is 11.7. The standard InChI is InChI=1S/C56H36N2O/c1-3-13-37(14-4-1)46-17-7-10-20-51(46)57(45-30-31-53-50(36-45)47-18-8-11-21-52(47)58(53)43-15-5-2-6-16-43)44-29-27-40-33-39(25-26-41(40)34-44)42-24-23-38-28-32-55-56(49(38)35-42)48-19-9-12-22-54(48)59-55/h1-36H. The molecule has 0 atom stereocenters. The molecule has 276 valence electrons. The third-order valence-corrected chi connectivity index (χ3v) is 11.9. The first-order chi connectivity index (χ1) is 29.2. The van der Waals surface area contributed by atoms with Crippen LogP contribution in [0, 0.1) is 0 Å². The molecule has 0 fully saturated rings. The van der Waals surface area contributed by atoms with Crippen molar-refractivity contribution < 1.29 is 4.42 Å². The zero-order valence-corrected chi connectivity index (χ0v) is 32.1. The van der Waals surface area contributed by atoms with Gasteiger partial charge in [-0.1, -0.05) is 140 Å². The highest BCUT2D eigenvalue weighted by atomic mass is 16.3. The van der Waals surface area contributed by atoms with E-state index in [1.807, 2.05) is 12.1 Å². The molecule has 0 spiro atoms. The van der Waals surface area contributed by atoms with Crippen molar-refractivity contribution in [3.63, 3.8) is 0 Å². The van der Waals surface area contributed by atoms with Crippen molar-refractivity contribution in [2.24, 2.45) is 0 Å². The van der Waals surface area contributed by atoms with Crippen LogP contribution in [0.3, 0.4) is 0 Å². The molecule has 0 radical (unpaired) electrons. The van der Waals surface area contributed by atoms with E-state index in [0.717, 1.165) is 39.3 Å². The molecule has 2 heterocycles. The van der Waals surface area contributed by atoms with E-state index in [0.29, 0.717) is 0 Å². The predicted molar refractivity (Wildman–Crippen MR) is 249 cm³/mol. The summed E-state index contributed by atoms with van der Waals surface area (Å²) in [5, 5.41) is 9.54. The van der Waals surface area contributed by atoms with Gasteiger partial charge in [0.2, 0.25) is 0 Å². The van der Waals surface area contributed by atoms with Crippen LogP contribution in [0.25, 0.3) is 93.2 Å². The molecule has 3 nitrogen and oxygen atoms in total. The van der Waals surface area contributed by atoms with Gasteiger partial charge in [-0.25, -0.2) is 0 Å². The van der Waals surface area contributed by atoms with Gasteiger partial charge in [0.1, 0.15) is 11.2 Å². The third-order valence-electron chi connectivity index (χ3n) is 11.9. The Hall–Kier alpha value is -7.88. The van der Waals surface area contributed by atoms with Crippen LogP contribution in [-0.2, 0) is 0 Å². The van der Waals surface area contributed by atoms with E-state index in [4.69, 9.17) is 4.42 Å². The van der Waals surface area contributed by atoms with E-state index in [9.17, 15) is 0 Å². The number of fused-ring (bicyclic) bond motifs is 9. The van der Waals surface area contributed by atoms with E-state index in [1.165, 1.54) is 71.0 Å². The molecule has 0 amide bonds. The van der Waals surface area contributed by atoms with E-state index < -0.39 is 0 Å². The summed E-state index contributed by atoms with van der Waals surface area (Å²) in [6.07, 6.45) is 0. The van der Waals surface area contributed by atoms with Crippen molar-refractivity contribution in [3.8, 4) is 27.9 Å². The number of para-hydroxylation sites is 4. The zero-order valence-electron chi connectivity index (χ0n) is 32.1. The lowest BCUT2D eigenvalue weighted by Gasteiger charge is -2.28. The molecule has 0 saturated heterocycles. The summed E-state index contributed by atoms with van der Waals surface area (Å²) in [4.78, 5) is 2.42. The monoisotopic (exact) mass is 752 g/mol. The van der Waals surface area contributed by atoms with Crippen molar-refractivity contribution in [1.82, 2.24) is 4.57 Å². The topological polar surface area (TPSA) is 21.3 Å². The number of hydrogen-bond donors (Lipinski definition) is 0. The number of anilines is 3. The summed E-state index contributed by atoms with van der Waals surface area (Å²) in [5.41, 5.74) is 13.4. The van der Waals surface area contributed by atoms with Gasteiger partial charge in [0.25, 0.3) is 0 Å². The van der Waals surface area contributed by atoms with E-state index in [-0.39, 0.29) is 0 Å². The molecule has 0 aliphatic carbocycles. The molecule has 0 unspecified atom stereocenters. The van der Waals surface area contributed by atoms with Crippen LogP contribution in [0.2, 0.25) is 0 Å². The summed E-state index contributed by atoms with van der Waals surface area (Å²) < 4.78 is 8.62. The summed E-state index contributed by atoms with van der Waals surface area (Å²) in [6, 6.07) is 78.9. The zero-order chi connectivity index (χ0) is 38.9. The quantitative estimate of drug-likeness (QED) is 0.169. The molecule has 0 saturated carbocycles. The minimum absolute atomic E-state index is 0.918. The van der Waals surface area contributed by atoms with Gasteiger partial charge < -0.3 is 13.9 Å². The van der Waals surface area contributed by atoms with Crippen molar-refractivity contribution in [1.29, 1.82) is 0 Å². The van der Waals surface area contributed by atoms with Crippen LogP contribution in [0.4, 0.5) is 17.1 Å². The Morgan fingerprint density at radius 2 is 0.983 bits per heavy atom. The maximum Gasteiger partial charge on any atom is 0.136 e. The Kier molecular flexibility index (Phi) is 7.54. The minimum atomic E-state index is 0.918. The van der Waals surface area contributed by atoms with Gasteiger partial charge in [0.05, 0.1) is 16.7 Å². The van der Waals surface area contributed by atoms with Gasteiger partial charge in [0, 0.05) is 44.2 Å². The van der Waals surface area contributed by atoms with Gasteiger partial charge in [-0.15, -0.1) is 0 Å². The van der Waals surface area contributed by atoms with Crippen molar-refractivity contribution in [2.75, 3.05) is 4.90 Å². The van der Waals surface area contributed by atoms with E-state index in [1.54, 1.807) is 0 Å². The summed E-state index contributed by atoms with van der Waals surface area (Å²) >= 11 is 0. The number of rotatable bonds is 6. The average Bonchev–Trinajstić information content (AvgIpc) is 3.85. The maximum absolute atomic E-state index is 6.24. The van der Waals surface area contributed by atoms with Crippen LogP contribution in [0.1, 0.15) is 0 Å².